The van der Waals surface area contributed by atoms with Crippen LogP contribution in [-0.4, -0.2) is 39.4 Å². The van der Waals surface area contributed by atoms with Crippen LogP contribution in [0.5, 0.6) is 0 Å². The summed E-state index contributed by atoms with van der Waals surface area (Å²) in [5.41, 5.74) is 1.94. The molecule has 5 nitrogen and oxygen atoms in total. The Morgan fingerprint density at radius 1 is 1.21 bits per heavy atom. The molecule has 1 amide bonds. The van der Waals surface area contributed by atoms with Crippen molar-refractivity contribution in [2.45, 2.75) is 37.5 Å². The number of aryl methyl sites for hydroxylation is 1. The van der Waals surface area contributed by atoms with E-state index in [1.165, 1.54) is 22.5 Å². The summed E-state index contributed by atoms with van der Waals surface area (Å²) >= 11 is 6.23. The van der Waals surface area contributed by atoms with Crippen molar-refractivity contribution in [2.75, 3.05) is 24.4 Å². The number of hydrogen-bond donors (Lipinski definition) is 0. The van der Waals surface area contributed by atoms with Crippen LogP contribution >= 0.6 is 11.6 Å². The topological polar surface area (TPSA) is 57.7 Å². The monoisotopic (exact) mass is 420 g/mol. The summed E-state index contributed by atoms with van der Waals surface area (Å²) in [7, 11) is -2.08. The van der Waals surface area contributed by atoms with Crippen molar-refractivity contribution in [3.05, 3.63) is 58.6 Å². The number of hydrogen-bond acceptors (Lipinski definition) is 3. The molecule has 0 saturated carbocycles. The highest BCUT2D eigenvalue weighted by Crippen LogP contribution is 2.33. The lowest BCUT2D eigenvalue weighted by Gasteiger charge is -2.30. The van der Waals surface area contributed by atoms with E-state index in [4.69, 9.17) is 11.6 Å². The van der Waals surface area contributed by atoms with Gasteiger partial charge in [0.1, 0.15) is 0 Å². The number of rotatable bonds is 6. The minimum Gasteiger partial charge on any atom is -0.342 e. The van der Waals surface area contributed by atoms with Crippen molar-refractivity contribution < 1.29 is 13.2 Å². The molecule has 7 heteroatoms. The van der Waals surface area contributed by atoms with Gasteiger partial charge in [-0.2, -0.15) is 0 Å². The molecule has 0 aliphatic carbocycles. The van der Waals surface area contributed by atoms with Gasteiger partial charge in [0.15, 0.2) is 0 Å². The highest BCUT2D eigenvalue weighted by molar-refractivity contribution is 7.92. The van der Waals surface area contributed by atoms with Crippen LogP contribution in [0.2, 0.25) is 5.02 Å². The number of amides is 1. The molecule has 1 aliphatic heterocycles. The molecule has 0 bridgehead atoms. The molecule has 1 aliphatic rings. The van der Waals surface area contributed by atoms with Crippen LogP contribution in [0.25, 0.3) is 0 Å². The Kier molecular flexibility index (Phi) is 6.30. The van der Waals surface area contributed by atoms with Crippen molar-refractivity contribution >= 4 is 33.2 Å². The van der Waals surface area contributed by atoms with E-state index in [0.717, 1.165) is 31.2 Å². The zero-order valence-corrected chi connectivity index (χ0v) is 17.8. The van der Waals surface area contributed by atoms with E-state index in [9.17, 15) is 13.2 Å². The second-order valence-corrected chi connectivity index (χ2v) is 9.30. The standard InChI is InChI=1S/C21H25ClN2O3S/c1-3-4-13-23(2)21(25)18-15-17(11-12-19(18)22)28(26,27)24-14-7-9-16-8-5-6-10-20(16)24/h5-6,8,10-12,15H,3-4,7,9,13-14H2,1-2H3. The van der Waals surface area contributed by atoms with Crippen LogP contribution in [0.1, 0.15) is 42.1 Å². The molecule has 1 heterocycles. The molecular weight excluding hydrogens is 396 g/mol. The number of carbonyl (C=O) groups excluding carboxylic acids is 1. The van der Waals surface area contributed by atoms with E-state index in [2.05, 4.69) is 6.92 Å². The first-order valence-electron chi connectivity index (χ1n) is 9.52. The summed E-state index contributed by atoms with van der Waals surface area (Å²) in [5, 5.41) is 0.256. The van der Waals surface area contributed by atoms with Crippen LogP contribution in [0.15, 0.2) is 47.4 Å². The minimum absolute atomic E-state index is 0.0841. The van der Waals surface area contributed by atoms with Crippen molar-refractivity contribution in [1.82, 2.24) is 4.90 Å². The quantitative estimate of drug-likeness (QED) is 0.697. The molecular formula is C21H25ClN2O3S. The fraction of sp³-hybridized carbons (Fsp3) is 0.381. The van der Waals surface area contributed by atoms with Crippen LogP contribution in [0.4, 0.5) is 5.69 Å². The Labute approximate surface area is 172 Å². The van der Waals surface area contributed by atoms with E-state index in [0.29, 0.717) is 18.8 Å². The Hall–Kier alpha value is -2.05. The van der Waals surface area contributed by atoms with Gasteiger partial charge in [0.2, 0.25) is 0 Å². The molecule has 28 heavy (non-hydrogen) atoms. The molecule has 150 valence electrons. The van der Waals surface area contributed by atoms with Gasteiger partial charge in [-0.05, 0) is 49.1 Å². The fourth-order valence-electron chi connectivity index (χ4n) is 3.41. The number of unbranched alkanes of at least 4 members (excludes halogenated alkanes) is 1. The first kappa shape index (κ1) is 20.7. The normalized spacial score (nSPS) is 13.9. The lowest BCUT2D eigenvalue weighted by molar-refractivity contribution is 0.0793. The summed E-state index contributed by atoms with van der Waals surface area (Å²) in [6, 6.07) is 11.9. The van der Waals surface area contributed by atoms with E-state index in [1.54, 1.807) is 11.9 Å². The molecule has 0 atom stereocenters. The van der Waals surface area contributed by atoms with E-state index >= 15 is 0 Å². The summed E-state index contributed by atoms with van der Waals surface area (Å²) in [6.45, 7) is 3.07. The predicted molar refractivity (Wildman–Crippen MR) is 113 cm³/mol. The maximum Gasteiger partial charge on any atom is 0.264 e. The SMILES string of the molecule is CCCCN(C)C(=O)c1cc(S(=O)(=O)N2CCCc3ccccc32)ccc1Cl. The Morgan fingerprint density at radius 2 is 1.96 bits per heavy atom. The third-order valence-corrected chi connectivity index (χ3v) is 7.16. The van der Waals surface area contributed by atoms with Gasteiger partial charge in [-0.15, -0.1) is 0 Å². The summed E-state index contributed by atoms with van der Waals surface area (Å²) in [6.07, 6.45) is 3.46. The summed E-state index contributed by atoms with van der Waals surface area (Å²) < 4.78 is 28.1. The highest BCUT2D eigenvalue weighted by Gasteiger charge is 2.30. The second kappa shape index (κ2) is 8.53. The Morgan fingerprint density at radius 3 is 2.71 bits per heavy atom. The molecule has 2 aromatic carbocycles. The lowest BCUT2D eigenvalue weighted by atomic mass is 10.0. The van der Waals surface area contributed by atoms with E-state index in [-0.39, 0.29) is 21.4 Å². The van der Waals surface area contributed by atoms with Gasteiger partial charge in [-0.1, -0.05) is 43.1 Å². The lowest BCUT2D eigenvalue weighted by Crippen LogP contribution is -2.35. The van der Waals surface area contributed by atoms with Gasteiger partial charge in [0.05, 0.1) is 21.2 Å². The van der Waals surface area contributed by atoms with Crippen LogP contribution in [-0.2, 0) is 16.4 Å². The number of nitrogens with zero attached hydrogens (tertiary/aromatic N) is 2. The fourth-order valence-corrected chi connectivity index (χ4v) is 5.17. The van der Waals surface area contributed by atoms with Gasteiger partial charge in [0.25, 0.3) is 15.9 Å². The largest absolute Gasteiger partial charge is 0.342 e. The van der Waals surface area contributed by atoms with Crippen LogP contribution in [0, 0.1) is 0 Å². The maximum absolute atomic E-state index is 13.3. The third kappa shape index (κ3) is 4.03. The first-order valence-corrected chi connectivity index (χ1v) is 11.3. The minimum atomic E-state index is -3.79. The molecule has 0 saturated heterocycles. The van der Waals surface area contributed by atoms with E-state index < -0.39 is 10.0 Å². The van der Waals surface area contributed by atoms with Crippen molar-refractivity contribution in [1.29, 1.82) is 0 Å². The first-order chi connectivity index (χ1) is 13.4. The van der Waals surface area contributed by atoms with Gasteiger partial charge in [0, 0.05) is 20.1 Å². The highest BCUT2D eigenvalue weighted by atomic mass is 35.5. The van der Waals surface area contributed by atoms with Crippen molar-refractivity contribution in [3.8, 4) is 0 Å². The molecule has 3 rings (SSSR count). The molecule has 0 unspecified atom stereocenters. The number of carbonyl (C=O) groups is 1. The summed E-state index contributed by atoms with van der Waals surface area (Å²) in [5.74, 6) is -0.269. The van der Waals surface area contributed by atoms with Gasteiger partial charge in [-0.25, -0.2) is 8.42 Å². The number of sulfonamides is 1. The van der Waals surface area contributed by atoms with E-state index in [1.807, 2.05) is 24.3 Å². The third-order valence-electron chi connectivity index (χ3n) is 5.02. The smallest absolute Gasteiger partial charge is 0.264 e. The van der Waals surface area contributed by atoms with Crippen molar-refractivity contribution in [2.24, 2.45) is 0 Å². The Balaban J connectivity index is 1.97. The zero-order chi connectivity index (χ0) is 20.3. The molecule has 0 N–H and O–H groups in total. The number of fused-ring (bicyclic) bond motifs is 1. The zero-order valence-electron chi connectivity index (χ0n) is 16.2. The van der Waals surface area contributed by atoms with Gasteiger partial charge < -0.3 is 4.90 Å². The maximum atomic E-state index is 13.3. The molecule has 2 aromatic rings. The van der Waals surface area contributed by atoms with Crippen molar-refractivity contribution in [3.63, 3.8) is 0 Å². The number of halogens is 1. The summed E-state index contributed by atoms with van der Waals surface area (Å²) in [4.78, 5) is 14.4. The molecule has 0 aromatic heterocycles. The van der Waals surface area contributed by atoms with Crippen LogP contribution < -0.4 is 4.31 Å². The number of benzene rings is 2. The predicted octanol–water partition coefficient (Wildman–Crippen LogP) is 4.35. The molecule has 0 spiro atoms. The number of para-hydroxylation sites is 1. The van der Waals surface area contributed by atoms with Gasteiger partial charge in [-0.3, -0.25) is 9.10 Å². The molecule has 0 fully saturated rings. The average Bonchev–Trinajstić information content (AvgIpc) is 2.71. The average molecular weight is 421 g/mol. The number of anilines is 1. The van der Waals surface area contributed by atoms with Crippen LogP contribution in [0.3, 0.4) is 0 Å². The molecule has 0 radical (unpaired) electrons. The Bertz CT molecular complexity index is 975. The van der Waals surface area contributed by atoms with Gasteiger partial charge >= 0.3 is 0 Å². The second-order valence-electron chi connectivity index (χ2n) is 7.03.